The highest BCUT2D eigenvalue weighted by Crippen LogP contribution is 2.35. The average Bonchev–Trinajstić information content (AvgIpc) is 3.05. The smallest absolute Gasteiger partial charge is 0.283 e. The maximum atomic E-state index is 13.2. The lowest BCUT2D eigenvalue weighted by Crippen LogP contribution is -2.21. The third kappa shape index (κ3) is 5.90. The average molecular weight is 507 g/mol. The van der Waals surface area contributed by atoms with Crippen molar-refractivity contribution in [1.29, 1.82) is 0 Å². The van der Waals surface area contributed by atoms with Gasteiger partial charge in [-0.15, -0.1) is 0 Å². The summed E-state index contributed by atoms with van der Waals surface area (Å²) >= 11 is 11.3. The van der Waals surface area contributed by atoms with Crippen molar-refractivity contribution in [2.75, 3.05) is 5.32 Å². The van der Waals surface area contributed by atoms with Crippen molar-refractivity contribution >= 4 is 40.5 Å². The Bertz CT molecular complexity index is 1190. The van der Waals surface area contributed by atoms with Crippen molar-refractivity contribution in [3.05, 3.63) is 74.0 Å². The van der Waals surface area contributed by atoms with E-state index in [0.717, 1.165) is 12.1 Å². The van der Waals surface area contributed by atoms with Gasteiger partial charge in [-0.25, -0.2) is 17.6 Å². The van der Waals surface area contributed by atoms with Gasteiger partial charge in [-0.2, -0.15) is 5.10 Å². The van der Waals surface area contributed by atoms with E-state index in [9.17, 15) is 32.5 Å². The van der Waals surface area contributed by atoms with Crippen LogP contribution in [0.3, 0.4) is 0 Å². The molecule has 0 bridgehead atoms. The molecule has 0 aliphatic heterocycles. The molecule has 0 saturated heterocycles. The van der Waals surface area contributed by atoms with Crippen LogP contribution in [0.1, 0.15) is 24.2 Å². The van der Waals surface area contributed by atoms with Crippen LogP contribution in [-0.4, -0.2) is 20.6 Å². The quantitative estimate of drug-likeness (QED) is 0.216. The number of anilines is 1. The van der Waals surface area contributed by atoms with Gasteiger partial charge < -0.3 is 10.1 Å². The molecule has 0 atom stereocenters. The molecule has 174 valence electrons. The van der Waals surface area contributed by atoms with Crippen molar-refractivity contribution in [1.82, 2.24) is 9.78 Å². The SMILES string of the molecule is O=C(Cn1nc(C(F)F)c(Cl)c1C(F)F)Nc1cc(Oc2ccc(Cl)cc2)cc([N+](=O)[O-])c1. The first-order valence-corrected chi connectivity index (χ1v) is 9.66. The third-order valence-electron chi connectivity index (χ3n) is 4.10. The number of alkyl halides is 4. The van der Waals surface area contributed by atoms with E-state index in [4.69, 9.17) is 27.9 Å². The maximum absolute atomic E-state index is 13.2. The summed E-state index contributed by atoms with van der Waals surface area (Å²) in [6, 6.07) is 9.41. The second-order valence-corrected chi connectivity index (χ2v) is 7.23. The second kappa shape index (κ2) is 10.0. The third-order valence-corrected chi connectivity index (χ3v) is 4.74. The number of rotatable bonds is 8. The highest BCUT2D eigenvalue weighted by atomic mass is 35.5. The van der Waals surface area contributed by atoms with Crippen LogP contribution in [0.5, 0.6) is 11.5 Å². The van der Waals surface area contributed by atoms with E-state index in [1.54, 1.807) is 0 Å². The molecule has 1 aromatic heterocycles. The first-order chi connectivity index (χ1) is 15.5. The van der Waals surface area contributed by atoms with Gasteiger partial charge in [0.1, 0.15) is 29.4 Å². The lowest BCUT2D eigenvalue weighted by molar-refractivity contribution is -0.384. The van der Waals surface area contributed by atoms with Crippen LogP contribution in [-0.2, 0) is 11.3 Å². The molecular weight excluding hydrogens is 495 g/mol. The number of carbonyl (C=O) groups excluding carboxylic acids is 1. The van der Waals surface area contributed by atoms with Crippen LogP contribution < -0.4 is 10.1 Å². The van der Waals surface area contributed by atoms with Gasteiger partial charge >= 0.3 is 0 Å². The largest absolute Gasteiger partial charge is 0.457 e. The summed E-state index contributed by atoms with van der Waals surface area (Å²) in [5, 5.41) is 16.3. The van der Waals surface area contributed by atoms with Gasteiger partial charge in [0.05, 0.1) is 21.7 Å². The maximum Gasteiger partial charge on any atom is 0.283 e. The fraction of sp³-hybridized carbons (Fsp3) is 0.158. The molecule has 0 spiro atoms. The summed E-state index contributed by atoms with van der Waals surface area (Å²) < 4.78 is 58.3. The van der Waals surface area contributed by atoms with Gasteiger partial charge in [0.2, 0.25) is 5.91 Å². The normalized spacial score (nSPS) is 11.2. The van der Waals surface area contributed by atoms with Crippen molar-refractivity contribution in [3.63, 3.8) is 0 Å². The van der Waals surface area contributed by atoms with E-state index in [1.807, 2.05) is 0 Å². The van der Waals surface area contributed by atoms with Crippen LogP contribution in [0.25, 0.3) is 0 Å². The highest BCUT2D eigenvalue weighted by Gasteiger charge is 2.28. The molecule has 1 N–H and O–H groups in total. The Morgan fingerprint density at radius 3 is 2.33 bits per heavy atom. The number of nitro benzene ring substituents is 1. The molecule has 0 radical (unpaired) electrons. The molecule has 1 heterocycles. The number of aromatic nitrogens is 2. The number of benzene rings is 2. The number of nitrogens with one attached hydrogen (secondary N) is 1. The fourth-order valence-corrected chi connectivity index (χ4v) is 3.16. The Kier molecular flexibility index (Phi) is 7.39. The summed E-state index contributed by atoms with van der Waals surface area (Å²) in [7, 11) is 0. The number of carbonyl (C=O) groups is 1. The molecule has 2 aromatic carbocycles. The number of non-ortho nitro benzene ring substituents is 1. The topological polar surface area (TPSA) is 99.3 Å². The van der Waals surface area contributed by atoms with E-state index in [0.29, 0.717) is 15.5 Å². The van der Waals surface area contributed by atoms with Crippen molar-refractivity contribution < 1.29 is 32.0 Å². The Balaban J connectivity index is 1.84. The molecular formula is C19H12Cl2F4N4O4. The van der Waals surface area contributed by atoms with Gasteiger partial charge in [0.25, 0.3) is 18.5 Å². The van der Waals surface area contributed by atoms with Crippen molar-refractivity contribution in [2.45, 2.75) is 19.4 Å². The highest BCUT2D eigenvalue weighted by molar-refractivity contribution is 6.32. The zero-order valence-corrected chi connectivity index (χ0v) is 17.7. The molecule has 0 aliphatic rings. The molecule has 8 nitrogen and oxygen atoms in total. The monoisotopic (exact) mass is 506 g/mol. The molecule has 33 heavy (non-hydrogen) atoms. The first-order valence-electron chi connectivity index (χ1n) is 8.90. The number of halogens is 6. The van der Waals surface area contributed by atoms with Gasteiger partial charge in [-0.3, -0.25) is 19.6 Å². The van der Waals surface area contributed by atoms with Crippen LogP contribution in [0.2, 0.25) is 10.0 Å². The van der Waals surface area contributed by atoms with Crippen LogP contribution in [0.15, 0.2) is 42.5 Å². The van der Waals surface area contributed by atoms with Crippen molar-refractivity contribution in [2.24, 2.45) is 0 Å². The number of nitro groups is 1. The zero-order chi connectivity index (χ0) is 24.3. The minimum Gasteiger partial charge on any atom is -0.457 e. The van der Waals surface area contributed by atoms with Gasteiger partial charge in [-0.1, -0.05) is 23.2 Å². The molecule has 0 aliphatic carbocycles. The fourth-order valence-electron chi connectivity index (χ4n) is 2.74. The zero-order valence-electron chi connectivity index (χ0n) is 16.1. The molecule has 3 rings (SSSR count). The van der Waals surface area contributed by atoms with Crippen LogP contribution >= 0.6 is 23.2 Å². The van der Waals surface area contributed by atoms with Crippen LogP contribution in [0, 0.1) is 10.1 Å². The number of hydrogen-bond acceptors (Lipinski definition) is 5. The van der Waals surface area contributed by atoms with E-state index in [-0.39, 0.29) is 11.4 Å². The summed E-state index contributed by atoms with van der Waals surface area (Å²) in [5.41, 5.74) is -2.68. The molecule has 1 amide bonds. The Morgan fingerprint density at radius 2 is 1.76 bits per heavy atom. The van der Waals surface area contributed by atoms with Crippen molar-refractivity contribution in [3.8, 4) is 11.5 Å². The van der Waals surface area contributed by atoms with E-state index >= 15 is 0 Å². The van der Waals surface area contributed by atoms with E-state index in [1.165, 1.54) is 30.3 Å². The summed E-state index contributed by atoms with van der Waals surface area (Å²) in [5.74, 6) is -0.698. The van der Waals surface area contributed by atoms with E-state index in [2.05, 4.69) is 10.4 Å². The van der Waals surface area contributed by atoms with Gasteiger partial charge in [0, 0.05) is 17.2 Å². The summed E-state index contributed by atoms with van der Waals surface area (Å²) in [6.45, 7) is -0.901. The lowest BCUT2D eigenvalue weighted by atomic mass is 10.2. The molecule has 0 unspecified atom stereocenters. The first kappa shape index (κ1) is 24.3. The Morgan fingerprint density at radius 1 is 1.09 bits per heavy atom. The minimum atomic E-state index is -3.28. The standard InChI is InChI=1S/C19H12Cl2F4N4O4/c20-9-1-3-12(4-2-9)33-13-6-10(5-11(7-13)29(31)32)26-14(30)8-28-17(19(24)25)15(21)16(27-28)18(22)23/h1-7,18-19H,8H2,(H,26,30). The van der Waals surface area contributed by atoms with Gasteiger partial charge in [-0.05, 0) is 24.3 Å². The van der Waals surface area contributed by atoms with E-state index < -0.39 is 52.3 Å². The predicted molar refractivity (Wildman–Crippen MR) is 110 cm³/mol. The predicted octanol–water partition coefficient (Wildman–Crippen LogP) is 6.40. The Labute approximate surface area is 192 Å². The minimum absolute atomic E-state index is 0.0165. The summed E-state index contributed by atoms with van der Waals surface area (Å²) in [4.78, 5) is 22.9. The lowest BCUT2D eigenvalue weighted by Gasteiger charge is -2.11. The number of amides is 1. The molecule has 14 heteroatoms. The number of nitrogens with zero attached hydrogens (tertiary/aromatic N) is 3. The number of hydrogen-bond donors (Lipinski definition) is 1. The molecule has 3 aromatic rings. The Hall–Kier alpha value is -3.38. The second-order valence-electron chi connectivity index (χ2n) is 6.42. The summed E-state index contributed by atoms with van der Waals surface area (Å²) in [6.07, 6.45) is -6.51. The molecule has 0 saturated carbocycles. The van der Waals surface area contributed by atoms with Crippen LogP contribution in [0.4, 0.5) is 28.9 Å². The number of ether oxygens (including phenoxy) is 1. The molecule has 0 fully saturated rings. The van der Waals surface area contributed by atoms with Gasteiger partial charge in [0.15, 0.2) is 0 Å².